The highest BCUT2D eigenvalue weighted by Crippen LogP contribution is 2.02. The van der Waals surface area contributed by atoms with Crippen molar-refractivity contribution < 1.29 is 9.32 Å². The minimum atomic E-state index is -0.241. The van der Waals surface area contributed by atoms with Gasteiger partial charge in [-0.3, -0.25) is 10.1 Å². The normalized spacial score (nSPS) is 14.2. The molecule has 0 spiro atoms. The van der Waals surface area contributed by atoms with E-state index in [1.54, 1.807) is 0 Å². The summed E-state index contributed by atoms with van der Waals surface area (Å²) < 4.78 is 5.07. The zero-order valence-electron chi connectivity index (χ0n) is 11.6. The summed E-state index contributed by atoms with van der Waals surface area (Å²) in [5.41, 5.74) is 0.848. The third-order valence-electron chi connectivity index (χ3n) is 2.76. The molecule has 102 valence electrons. The number of amides is 1. The summed E-state index contributed by atoms with van der Waals surface area (Å²) in [6, 6.07) is 1.84. The van der Waals surface area contributed by atoms with E-state index in [1.807, 2.05) is 26.8 Å². The number of rotatable bonds is 7. The molecular formula is C13H23N3O2. The Morgan fingerprint density at radius 3 is 2.78 bits per heavy atom. The van der Waals surface area contributed by atoms with Crippen LogP contribution in [0.15, 0.2) is 10.6 Å². The molecule has 0 fully saturated rings. The van der Waals surface area contributed by atoms with Gasteiger partial charge in [0.25, 0.3) is 0 Å². The Morgan fingerprint density at radius 1 is 1.50 bits per heavy atom. The van der Waals surface area contributed by atoms with Crippen LogP contribution in [0.4, 0.5) is 0 Å². The lowest BCUT2D eigenvalue weighted by Gasteiger charge is -2.17. The second kappa shape index (κ2) is 7.16. The Kier molecular flexibility index (Phi) is 5.85. The van der Waals surface area contributed by atoms with E-state index in [-0.39, 0.29) is 18.0 Å². The third-order valence-corrected chi connectivity index (χ3v) is 2.76. The second-order valence-electron chi connectivity index (χ2n) is 4.74. The van der Waals surface area contributed by atoms with Gasteiger partial charge in [0.2, 0.25) is 5.91 Å². The Hall–Kier alpha value is -1.36. The number of aromatic nitrogens is 1. The van der Waals surface area contributed by atoms with Crippen molar-refractivity contribution in [1.82, 2.24) is 15.8 Å². The Labute approximate surface area is 108 Å². The van der Waals surface area contributed by atoms with Gasteiger partial charge in [-0.2, -0.15) is 0 Å². The van der Waals surface area contributed by atoms with Crippen molar-refractivity contribution in [1.29, 1.82) is 0 Å². The fourth-order valence-corrected chi connectivity index (χ4v) is 1.72. The molecule has 0 saturated carbocycles. The molecule has 0 aliphatic heterocycles. The summed E-state index contributed by atoms with van der Waals surface area (Å²) in [4.78, 5) is 11.8. The minimum absolute atomic E-state index is 0.0205. The van der Waals surface area contributed by atoms with E-state index >= 15 is 0 Å². The van der Waals surface area contributed by atoms with Gasteiger partial charge in [0.15, 0.2) is 5.76 Å². The van der Waals surface area contributed by atoms with Crippen LogP contribution in [0.3, 0.4) is 0 Å². The Bertz CT molecular complexity index is 376. The van der Waals surface area contributed by atoms with E-state index in [1.165, 1.54) is 0 Å². The molecule has 2 N–H and O–H groups in total. The van der Waals surface area contributed by atoms with Gasteiger partial charge >= 0.3 is 0 Å². The predicted molar refractivity (Wildman–Crippen MR) is 70.1 cm³/mol. The van der Waals surface area contributed by atoms with Gasteiger partial charge in [-0.15, -0.1) is 0 Å². The van der Waals surface area contributed by atoms with Crippen LogP contribution in [0.1, 0.15) is 45.1 Å². The van der Waals surface area contributed by atoms with Crippen molar-refractivity contribution in [3.63, 3.8) is 0 Å². The lowest BCUT2D eigenvalue weighted by Crippen LogP contribution is -2.45. The van der Waals surface area contributed by atoms with E-state index in [0.29, 0.717) is 6.54 Å². The summed E-state index contributed by atoms with van der Waals surface area (Å²) in [6.07, 6.45) is 2.07. The van der Waals surface area contributed by atoms with Gasteiger partial charge in [0.05, 0.1) is 18.3 Å². The first-order valence-electron chi connectivity index (χ1n) is 6.48. The molecule has 0 aliphatic rings. The summed E-state index contributed by atoms with van der Waals surface area (Å²) in [5.74, 6) is 0.765. The molecule has 0 bridgehead atoms. The highest BCUT2D eigenvalue weighted by molar-refractivity contribution is 5.81. The van der Waals surface area contributed by atoms with E-state index in [0.717, 1.165) is 24.3 Å². The van der Waals surface area contributed by atoms with Crippen LogP contribution in [0, 0.1) is 6.92 Å². The van der Waals surface area contributed by atoms with Crippen LogP contribution < -0.4 is 10.6 Å². The van der Waals surface area contributed by atoms with Crippen molar-refractivity contribution >= 4 is 5.91 Å². The first-order valence-corrected chi connectivity index (χ1v) is 6.48. The average Bonchev–Trinajstić information content (AvgIpc) is 2.72. The number of hydrogen-bond donors (Lipinski definition) is 2. The molecule has 18 heavy (non-hydrogen) atoms. The number of nitrogens with zero attached hydrogens (tertiary/aromatic N) is 1. The molecule has 1 aromatic heterocycles. The monoisotopic (exact) mass is 253 g/mol. The fraction of sp³-hybridized carbons (Fsp3) is 0.692. The van der Waals surface area contributed by atoms with Crippen LogP contribution in [0.25, 0.3) is 0 Å². The molecule has 0 aromatic carbocycles. The van der Waals surface area contributed by atoms with Gasteiger partial charge in [0.1, 0.15) is 0 Å². The van der Waals surface area contributed by atoms with Crippen molar-refractivity contribution in [3.8, 4) is 0 Å². The molecule has 1 amide bonds. The molecule has 5 nitrogen and oxygen atoms in total. The molecule has 1 heterocycles. The highest BCUT2D eigenvalue weighted by Gasteiger charge is 2.14. The molecule has 1 aromatic rings. The quantitative estimate of drug-likeness (QED) is 0.777. The summed E-state index contributed by atoms with van der Waals surface area (Å²) in [6.45, 7) is 8.36. The van der Waals surface area contributed by atoms with Crippen molar-refractivity contribution in [3.05, 3.63) is 17.5 Å². The maximum Gasteiger partial charge on any atom is 0.237 e. The molecular weight excluding hydrogens is 230 g/mol. The van der Waals surface area contributed by atoms with Crippen molar-refractivity contribution in [2.24, 2.45) is 0 Å². The highest BCUT2D eigenvalue weighted by atomic mass is 16.5. The van der Waals surface area contributed by atoms with Crippen LogP contribution in [-0.2, 0) is 11.3 Å². The van der Waals surface area contributed by atoms with Gasteiger partial charge in [-0.25, -0.2) is 0 Å². The topological polar surface area (TPSA) is 67.2 Å². The van der Waals surface area contributed by atoms with Gasteiger partial charge in [0, 0.05) is 12.1 Å². The number of hydrogen-bond acceptors (Lipinski definition) is 4. The molecule has 2 unspecified atom stereocenters. The van der Waals surface area contributed by atoms with Crippen LogP contribution in [-0.4, -0.2) is 23.1 Å². The van der Waals surface area contributed by atoms with E-state index in [9.17, 15) is 4.79 Å². The summed E-state index contributed by atoms with van der Waals surface area (Å²) >= 11 is 0. The Balaban J connectivity index is 2.31. The maximum absolute atomic E-state index is 11.8. The SMILES string of the molecule is CCCC(C)NC(=O)C(C)NCc1cc(C)no1. The number of aryl methyl sites for hydroxylation is 1. The van der Waals surface area contributed by atoms with E-state index < -0.39 is 0 Å². The maximum atomic E-state index is 11.8. The standard InChI is InChI=1S/C13H23N3O2/c1-5-6-9(2)15-13(17)11(4)14-8-12-7-10(3)16-18-12/h7,9,11,14H,5-6,8H2,1-4H3,(H,15,17). The lowest BCUT2D eigenvalue weighted by atomic mass is 10.2. The molecule has 0 radical (unpaired) electrons. The largest absolute Gasteiger partial charge is 0.360 e. The van der Waals surface area contributed by atoms with Crippen LogP contribution >= 0.6 is 0 Å². The van der Waals surface area contributed by atoms with Gasteiger partial charge in [-0.05, 0) is 27.2 Å². The van der Waals surface area contributed by atoms with Crippen LogP contribution in [0.2, 0.25) is 0 Å². The van der Waals surface area contributed by atoms with Gasteiger partial charge in [-0.1, -0.05) is 18.5 Å². The van der Waals surface area contributed by atoms with Crippen molar-refractivity contribution in [2.75, 3.05) is 0 Å². The first-order chi connectivity index (χ1) is 8.52. The minimum Gasteiger partial charge on any atom is -0.360 e. The average molecular weight is 253 g/mol. The number of nitrogens with one attached hydrogen (secondary N) is 2. The summed E-state index contributed by atoms with van der Waals surface area (Å²) in [7, 11) is 0. The third kappa shape index (κ3) is 4.87. The second-order valence-corrected chi connectivity index (χ2v) is 4.74. The molecule has 0 saturated heterocycles. The zero-order valence-corrected chi connectivity index (χ0v) is 11.6. The molecule has 5 heteroatoms. The van der Waals surface area contributed by atoms with E-state index in [4.69, 9.17) is 4.52 Å². The molecule has 0 aliphatic carbocycles. The number of carbonyl (C=O) groups is 1. The fourth-order valence-electron chi connectivity index (χ4n) is 1.72. The van der Waals surface area contributed by atoms with Crippen LogP contribution in [0.5, 0.6) is 0 Å². The van der Waals surface area contributed by atoms with Crippen molar-refractivity contribution in [2.45, 2.75) is 59.2 Å². The Morgan fingerprint density at radius 2 is 2.22 bits per heavy atom. The first kappa shape index (κ1) is 14.7. The lowest BCUT2D eigenvalue weighted by molar-refractivity contribution is -0.123. The summed E-state index contributed by atoms with van der Waals surface area (Å²) in [5, 5.41) is 9.88. The molecule has 1 rings (SSSR count). The zero-order chi connectivity index (χ0) is 13.5. The molecule has 2 atom stereocenters. The van der Waals surface area contributed by atoms with Gasteiger partial charge < -0.3 is 9.84 Å². The number of carbonyl (C=O) groups excluding carboxylic acids is 1. The smallest absolute Gasteiger partial charge is 0.237 e. The predicted octanol–water partition coefficient (Wildman–Crippen LogP) is 1.77. The van der Waals surface area contributed by atoms with E-state index in [2.05, 4.69) is 22.7 Å².